The van der Waals surface area contributed by atoms with Gasteiger partial charge in [0.2, 0.25) is 0 Å². The molecule has 0 radical (unpaired) electrons. The van der Waals surface area contributed by atoms with E-state index in [9.17, 15) is 9.59 Å². The number of halogens is 1. The van der Waals surface area contributed by atoms with Gasteiger partial charge in [0, 0.05) is 45.9 Å². The number of nitrogen functional groups attached to an aromatic ring is 1. The van der Waals surface area contributed by atoms with E-state index < -0.39 is 5.91 Å². The van der Waals surface area contributed by atoms with Crippen LogP contribution >= 0.6 is 30.1 Å². The molecule has 0 saturated carbocycles. The standard InChI is InChI=1S/C18H13IN2OS.C7H9N5O/c1-2-16-20-15-10-6-7-13(11-12-23-19)17(15)18(22)21(16)14-8-4-3-5-9-14;8-5-4(6(9)13)7-10-2-1-3-12(7)11-5/h3-10H,2H2,1H3;1,3,10H,2H2,(H2,8,11)(H2,9,13). The van der Waals surface area contributed by atoms with Gasteiger partial charge in [0.1, 0.15) is 17.2 Å². The third-order valence-electron chi connectivity index (χ3n) is 5.34. The van der Waals surface area contributed by atoms with Crippen LogP contribution in [-0.2, 0) is 6.42 Å². The molecule has 1 aliphatic heterocycles. The molecule has 4 aromatic rings. The highest BCUT2D eigenvalue weighted by atomic mass is 127. The molecule has 0 unspecified atom stereocenters. The van der Waals surface area contributed by atoms with E-state index in [2.05, 4.69) is 47.8 Å². The second-order valence-corrected chi connectivity index (χ2v) is 9.22. The number of rotatable bonds is 3. The van der Waals surface area contributed by atoms with E-state index in [0.717, 1.165) is 17.1 Å². The van der Waals surface area contributed by atoms with E-state index in [1.165, 1.54) is 13.6 Å². The maximum atomic E-state index is 13.1. The number of fused-ring (bicyclic) bond motifs is 2. The van der Waals surface area contributed by atoms with E-state index in [4.69, 9.17) is 11.5 Å². The summed E-state index contributed by atoms with van der Waals surface area (Å²) in [6.07, 6.45) is 4.28. The Hall–Kier alpha value is -3.76. The van der Waals surface area contributed by atoms with Gasteiger partial charge in [0.05, 0.1) is 16.6 Å². The zero-order valence-electron chi connectivity index (χ0n) is 19.2. The Morgan fingerprint density at radius 2 is 2.00 bits per heavy atom. The lowest BCUT2D eigenvalue weighted by atomic mass is 10.1. The first kappa shape index (κ1) is 25.3. The molecule has 0 bridgehead atoms. The number of carbonyl (C=O) groups excluding carboxylic acids is 1. The highest BCUT2D eigenvalue weighted by Gasteiger charge is 2.20. The summed E-state index contributed by atoms with van der Waals surface area (Å²) in [6, 6.07) is 15.2. The maximum Gasteiger partial charge on any atom is 0.267 e. The van der Waals surface area contributed by atoms with Gasteiger partial charge in [0.15, 0.2) is 5.82 Å². The van der Waals surface area contributed by atoms with Gasteiger partial charge in [-0.05, 0) is 44.5 Å². The largest absolute Gasteiger partial charge is 0.381 e. The summed E-state index contributed by atoms with van der Waals surface area (Å²) in [4.78, 5) is 28.8. The smallest absolute Gasteiger partial charge is 0.267 e. The number of amides is 1. The Bertz CT molecular complexity index is 1580. The Balaban J connectivity index is 0.000000197. The van der Waals surface area contributed by atoms with Crippen LogP contribution in [0.25, 0.3) is 22.8 Å². The van der Waals surface area contributed by atoms with Crippen molar-refractivity contribution in [2.24, 2.45) is 5.73 Å². The molecule has 5 N–H and O–H groups in total. The van der Waals surface area contributed by atoms with Crippen molar-refractivity contribution in [1.29, 1.82) is 0 Å². The summed E-state index contributed by atoms with van der Waals surface area (Å²) >= 11 is 2.12. The van der Waals surface area contributed by atoms with E-state index in [0.29, 0.717) is 29.7 Å². The molecule has 9 nitrogen and oxygen atoms in total. The van der Waals surface area contributed by atoms with Gasteiger partial charge in [-0.15, -0.1) is 5.10 Å². The highest BCUT2D eigenvalue weighted by molar-refractivity contribution is 14.2. The first-order chi connectivity index (χ1) is 17.5. The summed E-state index contributed by atoms with van der Waals surface area (Å²) < 4.78 is 3.18. The molecule has 0 atom stereocenters. The average Bonchev–Trinajstić information content (AvgIpc) is 3.24. The number of primary amides is 1. The quantitative estimate of drug-likeness (QED) is 0.237. The monoisotopic (exact) mass is 611 g/mol. The zero-order chi connectivity index (χ0) is 25.7. The van der Waals surface area contributed by atoms with Crippen LogP contribution in [0.15, 0.2) is 59.4 Å². The molecule has 5 rings (SSSR count). The molecule has 0 fully saturated rings. The maximum absolute atomic E-state index is 13.1. The van der Waals surface area contributed by atoms with E-state index in [-0.39, 0.29) is 16.9 Å². The molecular formula is C25H22IN7O2S. The minimum atomic E-state index is -0.568. The number of para-hydroxylation sites is 1. The molecular weight excluding hydrogens is 589 g/mol. The summed E-state index contributed by atoms with van der Waals surface area (Å²) in [5.41, 5.74) is 13.1. The van der Waals surface area contributed by atoms with Crippen LogP contribution in [0.5, 0.6) is 0 Å². The number of nitrogens with zero attached hydrogens (tertiary/aromatic N) is 4. The van der Waals surface area contributed by atoms with Gasteiger partial charge >= 0.3 is 0 Å². The van der Waals surface area contributed by atoms with Crippen LogP contribution in [0.1, 0.15) is 28.7 Å². The fraction of sp³-hybridized carbons (Fsp3) is 0.120. The van der Waals surface area contributed by atoms with E-state index in [1.54, 1.807) is 10.8 Å². The van der Waals surface area contributed by atoms with Crippen molar-refractivity contribution in [3.8, 4) is 16.9 Å². The summed E-state index contributed by atoms with van der Waals surface area (Å²) in [5, 5.41) is 10.4. The number of nitrogens with one attached hydrogen (secondary N) is 1. The van der Waals surface area contributed by atoms with Gasteiger partial charge in [0.25, 0.3) is 11.5 Å². The van der Waals surface area contributed by atoms with Crippen molar-refractivity contribution in [3.63, 3.8) is 0 Å². The number of aryl methyl sites for hydroxylation is 1. The Morgan fingerprint density at radius 3 is 2.69 bits per heavy atom. The van der Waals surface area contributed by atoms with E-state index in [1.807, 2.05) is 61.5 Å². The van der Waals surface area contributed by atoms with Crippen LogP contribution in [0.4, 0.5) is 11.6 Å². The van der Waals surface area contributed by atoms with Crippen LogP contribution in [0, 0.1) is 11.2 Å². The Labute approximate surface area is 223 Å². The second kappa shape index (κ2) is 11.3. The van der Waals surface area contributed by atoms with Gasteiger partial charge in [-0.2, -0.15) is 0 Å². The Kier molecular flexibility index (Phi) is 7.97. The minimum Gasteiger partial charge on any atom is -0.381 e. The second-order valence-electron chi connectivity index (χ2n) is 7.54. The minimum absolute atomic E-state index is 0.0681. The molecule has 3 heterocycles. The van der Waals surface area contributed by atoms with E-state index >= 15 is 0 Å². The van der Waals surface area contributed by atoms with Gasteiger partial charge in [-0.25, -0.2) is 9.67 Å². The third kappa shape index (κ3) is 5.09. The average molecular weight is 611 g/mol. The predicted molar refractivity (Wildman–Crippen MR) is 154 cm³/mol. The van der Waals surface area contributed by atoms with Crippen molar-refractivity contribution in [2.45, 2.75) is 13.3 Å². The van der Waals surface area contributed by atoms with Crippen LogP contribution in [0.2, 0.25) is 0 Å². The third-order valence-corrected chi connectivity index (χ3v) is 6.18. The van der Waals surface area contributed by atoms with Crippen molar-refractivity contribution >= 4 is 64.8 Å². The number of hydrogen-bond acceptors (Lipinski definition) is 7. The van der Waals surface area contributed by atoms with Crippen LogP contribution in [0.3, 0.4) is 0 Å². The number of carbonyl (C=O) groups is 1. The van der Waals surface area contributed by atoms with Crippen LogP contribution < -0.4 is 22.3 Å². The zero-order valence-corrected chi connectivity index (χ0v) is 22.2. The Morgan fingerprint density at radius 1 is 1.22 bits per heavy atom. The molecule has 2 aromatic carbocycles. The highest BCUT2D eigenvalue weighted by Crippen LogP contribution is 2.23. The van der Waals surface area contributed by atoms with Gasteiger partial charge < -0.3 is 16.8 Å². The fourth-order valence-corrected chi connectivity index (χ4v) is 4.29. The molecule has 1 amide bonds. The molecule has 0 aliphatic carbocycles. The van der Waals surface area contributed by atoms with Crippen molar-refractivity contribution in [2.75, 3.05) is 17.6 Å². The fourth-order valence-electron chi connectivity index (χ4n) is 3.82. The molecule has 1 aliphatic rings. The number of anilines is 2. The first-order valence-corrected chi connectivity index (χ1v) is 14.3. The predicted octanol–water partition coefficient (Wildman–Crippen LogP) is 3.80. The molecule has 36 heavy (non-hydrogen) atoms. The normalized spacial score (nSPS) is 11.5. The summed E-state index contributed by atoms with van der Waals surface area (Å²) in [5.74, 6) is 3.95. The topological polar surface area (TPSA) is 134 Å². The lowest BCUT2D eigenvalue weighted by molar-refractivity contribution is 0.100. The molecule has 0 saturated heterocycles. The molecule has 0 spiro atoms. The summed E-state index contributed by atoms with van der Waals surface area (Å²) in [7, 11) is 1.40. The number of hydrogen-bond donors (Lipinski definition) is 3. The van der Waals surface area contributed by atoms with Gasteiger partial charge in [-0.3, -0.25) is 14.2 Å². The number of nitrogens with two attached hydrogens (primary N) is 2. The molecule has 2 aromatic heterocycles. The SMILES string of the molecule is CCc1nc2cccc(C#CSI)c2c(=O)n1-c1ccccc1.NC(=O)c1c(N)nn2c1NCC=C2. The number of aromatic nitrogens is 4. The van der Waals surface area contributed by atoms with Gasteiger partial charge in [-0.1, -0.05) is 37.1 Å². The van der Waals surface area contributed by atoms with Crippen molar-refractivity contribution in [3.05, 3.63) is 81.9 Å². The van der Waals surface area contributed by atoms with Crippen molar-refractivity contribution < 1.29 is 4.79 Å². The molecule has 182 valence electrons. The van der Waals surface area contributed by atoms with Crippen molar-refractivity contribution in [1.82, 2.24) is 19.3 Å². The number of benzene rings is 2. The summed E-state index contributed by atoms with van der Waals surface area (Å²) in [6.45, 7) is 2.65. The lowest BCUT2D eigenvalue weighted by Gasteiger charge is -2.13. The molecule has 11 heteroatoms. The lowest BCUT2D eigenvalue weighted by Crippen LogP contribution is -2.24. The first-order valence-electron chi connectivity index (χ1n) is 10.9. The van der Waals surface area contributed by atoms with Crippen LogP contribution in [-0.4, -0.2) is 31.8 Å².